The van der Waals surface area contributed by atoms with Crippen LogP contribution in [-0.4, -0.2) is 37.2 Å². The van der Waals surface area contributed by atoms with Gasteiger partial charge in [0.05, 0.1) is 7.11 Å². The summed E-state index contributed by atoms with van der Waals surface area (Å²) in [6.07, 6.45) is -4.88. The fourth-order valence-electron chi connectivity index (χ4n) is 0.537. The fraction of sp³-hybridized carbons (Fsp3) is 0.714. The molecule has 0 rings (SSSR count). The molecule has 0 bridgehead atoms. The van der Waals surface area contributed by atoms with Gasteiger partial charge in [0.1, 0.15) is 6.54 Å². The molecular formula is C7H11F3N2O3. The van der Waals surface area contributed by atoms with E-state index in [4.69, 9.17) is 5.73 Å². The van der Waals surface area contributed by atoms with Crippen LogP contribution in [0, 0.1) is 0 Å². The number of carbonyl (C=O) groups is 2. The molecule has 0 aliphatic heterocycles. The lowest BCUT2D eigenvalue weighted by Crippen LogP contribution is -2.61. The van der Waals surface area contributed by atoms with Crippen LogP contribution in [0.1, 0.15) is 6.92 Å². The van der Waals surface area contributed by atoms with Crippen LogP contribution in [-0.2, 0) is 14.3 Å². The second-order valence-electron chi connectivity index (χ2n) is 2.96. The van der Waals surface area contributed by atoms with Crippen molar-refractivity contribution in [3.63, 3.8) is 0 Å². The topological polar surface area (TPSA) is 81.4 Å². The summed E-state index contributed by atoms with van der Waals surface area (Å²) in [7, 11) is 1.04. The first-order valence-electron chi connectivity index (χ1n) is 3.83. The van der Waals surface area contributed by atoms with Crippen LogP contribution in [0.25, 0.3) is 0 Å². The van der Waals surface area contributed by atoms with Crippen molar-refractivity contribution < 1.29 is 27.5 Å². The Morgan fingerprint density at radius 3 is 2.20 bits per heavy atom. The molecule has 8 heteroatoms. The number of esters is 1. The number of hydrogen-bond donors (Lipinski definition) is 2. The molecule has 1 atom stereocenters. The van der Waals surface area contributed by atoms with Crippen LogP contribution >= 0.6 is 0 Å². The highest BCUT2D eigenvalue weighted by Crippen LogP contribution is 2.27. The zero-order chi connectivity index (χ0) is 12.3. The average Bonchev–Trinajstić information content (AvgIpc) is 2.11. The van der Waals surface area contributed by atoms with Crippen LogP contribution in [0.15, 0.2) is 0 Å². The van der Waals surface area contributed by atoms with Crippen LogP contribution in [0.2, 0.25) is 0 Å². The van der Waals surface area contributed by atoms with Crippen molar-refractivity contribution in [3.05, 3.63) is 0 Å². The van der Waals surface area contributed by atoms with Gasteiger partial charge in [-0.05, 0) is 6.92 Å². The van der Waals surface area contributed by atoms with Gasteiger partial charge < -0.3 is 15.8 Å². The van der Waals surface area contributed by atoms with E-state index < -0.39 is 30.1 Å². The van der Waals surface area contributed by atoms with E-state index in [9.17, 15) is 22.8 Å². The third-order valence-electron chi connectivity index (χ3n) is 1.68. The largest absolute Gasteiger partial charge is 0.468 e. The highest BCUT2D eigenvalue weighted by molar-refractivity contribution is 5.89. The van der Waals surface area contributed by atoms with Gasteiger partial charge in [0, 0.05) is 0 Å². The number of amides is 1. The lowest BCUT2D eigenvalue weighted by molar-refractivity contribution is -0.187. The molecule has 0 saturated heterocycles. The Morgan fingerprint density at radius 2 is 1.87 bits per heavy atom. The van der Waals surface area contributed by atoms with Crippen LogP contribution in [0.3, 0.4) is 0 Å². The SMILES string of the molecule is COC(=O)CNC(=O)C(C)(N)C(F)(F)F. The Morgan fingerprint density at radius 1 is 1.40 bits per heavy atom. The summed E-state index contributed by atoms with van der Waals surface area (Å²) >= 11 is 0. The lowest BCUT2D eigenvalue weighted by Gasteiger charge is -2.25. The molecule has 5 nitrogen and oxygen atoms in total. The quantitative estimate of drug-likeness (QED) is 0.641. The van der Waals surface area contributed by atoms with E-state index in [1.807, 2.05) is 0 Å². The number of carbonyl (C=O) groups excluding carboxylic acids is 2. The van der Waals surface area contributed by atoms with Crippen molar-refractivity contribution in [2.75, 3.05) is 13.7 Å². The van der Waals surface area contributed by atoms with Crippen LogP contribution in [0.4, 0.5) is 13.2 Å². The van der Waals surface area contributed by atoms with E-state index in [0.717, 1.165) is 7.11 Å². The molecule has 0 aromatic rings. The average molecular weight is 228 g/mol. The third kappa shape index (κ3) is 3.39. The van der Waals surface area contributed by atoms with E-state index in [-0.39, 0.29) is 0 Å². The Bertz CT molecular complexity index is 263. The van der Waals surface area contributed by atoms with Gasteiger partial charge in [0.15, 0.2) is 5.54 Å². The first-order valence-corrected chi connectivity index (χ1v) is 3.83. The number of hydrogen-bond acceptors (Lipinski definition) is 4. The number of ether oxygens (including phenoxy) is 1. The van der Waals surface area contributed by atoms with E-state index in [0.29, 0.717) is 6.92 Å². The molecule has 15 heavy (non-hydrogen) atoms. The van der Waals surface area contributed by atoms with Crippen molar-refractivity contribution >= 4 is 11.9 Å². The first kappa shape index (κ1) is 13.7. The van der Waals surface area contributed by atoms with Crippen molar-refractivity contribution in [1.29, 1.82) is 0 Å². The van der Waals surface area contributed by atoms with Gasteiger partial charge in [0.2, 0.25) is 5.91 Å². The number of methoxy groups -OCH3 is 1. The highest BCUT2D eigenvalue weighted by Gasteiger charge is 2.53. The minimum absolute atomic E-state index is 0.514. The van der Waals surface area contributed by atoms with Crippen molar-refractivity contribution in [3.8, 4) is 0 Å². The summed E-state index contributed by atoms with van der Waals surface area (Å²) < 4.78 is 40.7. The van der Waals surface area contributed by atoms with Crippen molar-refractivity contribution in [1.82, 2.24) is 5.32 Å². The summed E-state index contributed by atoms with van der Waals surface area (Å²) in [4.78, 5) is 21.5. The third-order valence-corrected chi connectivity index (χ3v) is 1.68. The Balaban J connectivity index is 4.40. The van der Waals surface area contributed by atoms with E-state index in [2.05, 4.69) is 4.74 Å². The van der Waals surface area contributed by atoms with Crippen LogP contribution < -0.4 is 11.1 Å². The molecule has 0 aromatic heterocycles. The molecule has 0 heterocycles. The van der Waals surface area contributed by atoms with Gasteiger partial charge >= 0.3 is 12.1 Å². The molecule has 0 aliphatic rings. The number of alkyl halides is 3. The summed E-state index contributed by atoms with van der Waals surface area (Å²) in [5.74, 6) is -2.35. The van der Waals surface area contributed by atoms with Gasteiger partial charge in [-0.15, -0.1) is 0 Å². The Hall–Kier alpha value is -1.31. The molecule has 0 saturated carbocycles. The summed E-state index contributed by atoms with van der Waals surface area (Å²) in [6.45, 7) is -0.141. The van der Waals surface area contributed by atoms with Crippen molar-refractivity contribution in [2.24, 2.45) is 5.73 Å². The number of halogens is 3. The molecule has 1 unspecified atom stereocenters. The predicted molar refractivity (Wildman–Crippen MR) is 43.7 cm³/mol. The standard InChI is InChI=1S/C7H11F3N2O3/c1-6(11,7(8,9)10)5(14)12-3-4(13)15-2/h3,11H2,1-2H3,(H,12,14). The van der Waals surface area contributed by atoms with Gasteiger partial charge in [-0.1, -0.05) is 0 Å². The second-order valence-corrected chi connectivity index (χ2v) is 2.96. The molecule has 0 spiro atoms. The molecule has 0 radical (unpaired) electrons. The minimum Gasteiger partial charge on any atom is -0.468 e. The molecule has 3 N–H and O–H groups in total. The number of rotatable bonds is 3. The second kappa shape index (κ2) is 4.47. The Labute approximate surface area is 83.8 Å². The molecule has 88 valence electrons. The molecule has 0 aromatic carbocycles. The molecule has 0 aliphatic carbocycles. The highest BCUT2D eigenvalue weighted by atomic mass is 19.4. The zero-order valence-corrected chi connectivity index (χ0v) is 8.14. The normalized spacial score (nSPS) is 15.3. The summed E-state index contributed by atoms with van der Waals surface area (Å²) in [5.41, 5.74) is 1.75. The first-order chi connectivity index (χ1) is 6.63. The maximum atomic E-state index is 12.2. The van der Waals surface area contributed by atoms with Gasteiger partial charge in [-0.3, -0.25) is 9.59 Å². The van der Waals surface area contributed by atoms with Crippen LogP contribution in [0.5, 0.6) is 0 Å². The smallest absolute Gasteiger partial charge is 0.415 e. The fourth-order valence-corrected chi connectivity index (χ4v) is 0.537. The predicted octanol–water partition coefficient (Wildman–Crippen LogP) is -0.445. The zero-order valence-electron chi connectivity index (χ0n) is 8.14. The van der Waals surface area contributed by atoms with E-state index in [1.54, 1.807) is 5.32 Å². The lowest BCUT2D eigenvalue weighted by atomic mass is 10.0. The monoisotopic (exact) mass is 228 g/mol. The number of nitrogens with two attached hydrogens (primary N) is 1. The van der Waals surface area contributed by atoms with Crippen molar-refractivity contribution in [2.45, 2.75) is 18.6 Å². The summed E-state index contributed by atoms with van der Waals surface area (Å²) in [6, 6.07) is 0. The Kier molecular flexibility index (Phi) is 4.08. The van der Waals surface area contributed by atoms with E-state index >= 15 is 0 Å². The van der Waals surface area contributed by atoms with Gasteiger partial charge in [-0.25, -0.2) is 0 Å². The van der Waals surface area contributed by atoms with E-state index in [1.165, 1.54) is 0 Å². The molecular weight excluding hydrogens is 217 g/mol. The van der Waals surface area contributed by atoms with Gasteiger partial charge in [-0.2, -0.15) is 13.2 Å². The summed E-state index contributed by atoms with van der Waals surface area (Å²) in [5, 5.41) is 1.72. The maximum Gasteiger partial charge on any atom is 0.415 e. The molecule has 1 amide bonds. The maximum absolute atomic E-state index is 12.2. The number of nitrogens with one attached hydrogen (secondary N) is 1. The van der Waals surface area contributed by atoms with Gasteiger partial charge in [0.25, 0.3) is 0 Å². The minimum atomic E-state index is -4.88. The molecule has 0 fully saturated rings.